The largest absolute Gasteiger partial charge is 0.358 e. The summed E-state index contributed by atoms with van der Waals surface area (Å²) in [5.74, 6) is 0. The molecule has 0 fully saturated rings. The molecule has 0 radical (unpaired) electrons. The van der Waals surface area contributed by atoms with Crippen LogP contribution in [-0.4, -0.2) is 6.29 Å². The molecule has 1 aromatic rings. The molecule has 0 unspecified atom stereocenters. The second-order valence-electron chi connectivity index (χ2n) is 2.39. The van der Waals surface area contributed by atoms with Crippen molar-refractivity contribution in [3.05, 3.63) is 39.5 Å². The van der Waals surface area contributed by atoms with Crippen LogP contribution in [0.2, 0.25) is 10.0 Å². The lowest BCUT2D eigenvalue weighted by Crippen LogP contribution is -1.91. The van der Waals surface area contributed by atoms with E-state index in [2.05, 4.69) is 5.32 Å². The summed E-state index contributed by atoms with van der Waals surface area (Å²) < 4.78 is 0. The van der Waals surface area contributed by atoms with E-state index in [-0.39, 0.29) is 5.03 Å². The fourth-order valence-corrected chi connectivity index (χ4v) is 1.37. The Hall–Kier alpha value is -0.700. The lowest BCUT2D eigenvalue weighted by Gasteiger charge is -2.05. The van der Waals surface area contributed by atoms with E-state index in [4.69, 9.17) is 34.8 Å². The number of rotatable bonds is 3. The Morgan fingerprint density at radius 1 is 1.29 bits per heavy atom. The van der Waals surface area contributed by atoms with Gasteiger partial charge in [0.05, 0.1) is 20.8 Å². The van der Waals surface area contributed by atoms with E-state index >= 15 is 0 Å². The molecule has 0 aliphatic heterocycles. The average molecular weight is 251 g/mol. The first-order chi connectivity index (χ1) is 6.65. The van der Waals surface area contributed by atoms with Gasteiger partial charge in [0.1, 0.15) is 0 Å². The van der Waals surface area contributed by atoms with E-state index in [1.54, 1.807) is 18.2 Å². The van der Waals surface area contributed by atoms with E-state index < -0.39 is 0 Å². The number of hydrogen-bond acceptors (Lipinski definition) is 2. The number of para-hydroxylation sites is 1. The molecule has 0 spiro atoms. The van der Waals surface area contributed by atoms with E-state index in [1.807, 2.05) is 0 Å². The van der Waals surface area contributed by atoms with E-state index in [0.717, 1.165) is 0 Å². The summed E-state index contributed by atoms with van der Waals surface area (Å²) in [7, 11) is 0. The SMILES string of the molecule is O=C/C(Cl)=C/Nc1c(Cl)cccc1Cl. The fourth-order valence-electron chi connectivity index (χ4n) is 0.811. The van der Waals surface area contributed by atoms with Crippen molar-refractivity contribution < 1.29 is 4.79 Å². The molecule has 5 heteroatoms. The molecule has 1 rings (SSSR count). The molecule has 0 bridgehead atoms. The van der Waals surface area contributed by atoms with Gasteiger partial charge in [-0.1, -0.05) is 40.9 Å². The van der Waals surface area contributed by atoms with Crippen LogP contribution in [-0.2, 0) is 4.79 Å². The lowest BCUT2D eigenvalue weighted by molar-refractivity contribution is -0.104. The van der Waals surface area contributed by atoms with Gasteiger partial charge in [0.15, 0.2) is 6.29 Å². The molecule has 74 valence electrons. The first-order valence-electron chi connectivity index (χ1n) is 3.66. The van der Waals surface area contributed by atoms with Crippen LogP contribution in [0.1, 0.15) is 0 Å². The van der Waals surface area contributed by atoms with Crippen LogP contribution in [0.4, 0.5) is 5.69 Å². The fraction of sp³-hybridized carbons (Fsp3) is 0. The van der Waals surface area contributed by atoms with Crippen molar-refractivity contribution in [3.63, 3.8) is 0 Å². The average Bonchev–Trinajstić information content (AvgIpc) is 2.16. The molecule has 0 heterocycles. The van der Waals surface area contributed by atoms with E-state index in [1.165, 1.54) is 6.20 Å². The monoisotopic (exact) mass is 249 g/mol. The normalized spacial score (nSPS) is 11.2. The number of allylic oxidation sites excluding steroid dienone is 1. The van der Waals surface area contributed by atoms with Gasteiger partial charge in [0, 0.05) is 6.20 Å². The van der Waals surface area contributed by atoms with Gasteiger partial charge < -0.3 is 5.32 Å². The number of anilines is 1. The lowest BCUT2D eigenvalue weighted by atomic mass is 10.3. The van der Waals surface area contributed by atoms with Crippen LogP contribution >= 0.6 is 34.8 Å². The Bertz CT molecular complexity index is 356. The topological polar surface area (TPSA) is 29.1 Å². The van der Waals surface area contributed by atoms with Crippen molar-refractivity contribution in [3.8, 4) is 0 Å². The number of nitrogens with one attached hydrogen (secondary N) is 1. The van der Waals surface area contributed by atoms with Crippen molar-refractivity contribution in [2.75, 3.05) is 5.32 Å². The molecule has 1 aromatic carbocycles. The van der Waals surface area contributed by atoms with Crippen molar-refractivity contribution in [2.24, 2.45) is 0 Å². The smallest absolute Gasteiger partial charge is 0.162 e. The van der Waals surface area contributed by atoms with Crippen LogP contribution in [0, 0.1) is 0 Å². The Morgan fingerprint density at radius 3 is 2.36 bits per heavy atom. The molecule has 0 atom stereocenters. The molecule has 14 heavy (non-hydrogen) atoms. The first-order valence-corrected chi connectivity index (χ1v) is 4.80. The molecule has 1 N–H and O–H groups in total. The minimum atomic E-state index is 0.0426. The first kappa shape index (κ1) is 11.4. The maximum atomic E-state index is 10.2. The summed E-state index contributed by atoms with van der Waals surface area (Å²) in [6.07, 6.45) is 1.83. The third-order valence-corrected chi connectivity index (χ3v) is 2.26. The molecule has 0 aliphatic rings. The molecular formula is C9H6Cl3NO. The maximum absolute atomic E-state index is 10.2. The van der Waals surface area contributed by atoms with Gasteiger partial charge in [0.2, 0.25) is 0 Å². The van der Waals surface area contributed by atoms with Gasteiger partial charge in [-0.3, -0.25) is 4.79 Å². The van der Waals surface area contributed by atoms with Gasteiger partial charge in [0.25, 0.3) is 0 Å². The van der Waals surface area contributed by atoms with E-state index in [9.17, 15) is 4.79 Å². The van der Waals surface area contributed by atoms with Crippen molar-refractivity contribution in [1.29, 1.82) is 0 Å². The Labute approximate surface area is 96.5 Å². The predicted octanol–water partition coefficient (Wildman–Crippen LogP) is 3.68. The highest BCUT2D eigenvalue weighted by Gasteiger charge is 2.02. The Balaban J connectivity index is 2.91. The second-order valence-corrected chi connectivity index (χ2v) is 3.64. The maximum Gasteiger partial charge on any atom is 0.162 e. The summed E-state index contributed by atoms with van der Waals surface area (Å²) in [4.78, 5) is 10.2. The van der Waals surface area contributed by atoms with Gasteiger partial charge in [-0.15, -0.1) is 0 Å². The van der Waals surface area contributed by atoms with Gasteiger partial charge in [-0.25, -0.2) is 0 Å². The van der Waals surface area contributed by atoms with Crippen molar-refractivity contribution in [1.82, 2.24) is 0 Å². The molecule has 2 nitrogen and oxygen atoms in total. The van der Waals surface area contributed by atoms with Gasteiger partial charge >= 0.3 is 0 Å². The molecule has 0 amide bonds. The minimum absolute atomic E-state index is 0.0426. The van der Waals surface area contributed by atoms with Crippen LogP contribution in [0.25, 0.3) is 0 Å². The quantitative estimate of drug-likeness (QED) is 0.655. The molecule has 0 aromatic heterocycles. The van der Waals surface area contributed by atoms with Crippen LogP contribution < -0.4 is 5.32 Å². The zero-order valence-electron chi connectivity index (χ0n) is 6.93. The number of carbonyl (C=O) groups excluding carboxylic acids is 1. The summed E-state index contributed by atoms with van der Waals surface area (Å²) in [6.45, 7) is 0. The minimum Gasteiger partial charge on any atom is -0.358 e. The Kier molecular flexibility index (Phi) is 4.26. The predicted molar refractivity (Wildman–Crippen MR) is 60.1 cm³/mol. The van der Waals surface area contributed by atoms with Gasteiger partial charge in [-0.2, -0.15) is 0 Å². The number of halogens is 3. The van der Waals surface area contributed by atoms with Crippen LogP contribution in [0.5, 0.6) is 0 Å². The summed E-state index contributed by atoms with van der Waals surface area (Å²) in [5, 5.41) is 3.71. The Morgan fingerprint density at radius 2 is 1.86 bits per heavy atom. The number of aldehydes is 1. The molecule has 0 aliphatic carbocycles. The zero-order valence-corrected chi connectivity index (χ0v) is 9.20. The van der Waals surface area contributed by atoms with Gasteiger partial charge in [-0.05, 0) is 12.1 Å². The standard InChI is InChI=1S/C9H6Cl3NO/c10-6(5-14)4-13-9-7(11)2-1-3-8(9)12/h1-5,13H/b6-4-. The van der Waals surface area contributed by atoms with Crippen molar-refractivity contribution >= 4 is 46.8 Å². The summed E-state index contributed by atoms with van der Waals surface area (Å²) >= 11 is 17.2. The number of benzene rings is 1. The second kappa shape index (κ2) is 5.25. The van der Waals surface area contributed by atoms with Crippen LogP contribution in [0.15, 0.2) is 29.4 Å². The third-order valence-electron chi connectivity index (χ3n) is 1.43. The molecule has 0 saturated heterocycles. The third kappa shape index (κ3) is 2.91. The molecule has 0 saturated carbocycles. The highest BCUT2D eigenvalue weighted by molar-refractivity contribution is 6.40. The summed E-state index contributed by atoms with van der Waals surface area (Å²) in [5.41, 5.74) is 0.524. The molecular weight excluding hydrogens is 244 g/mol. The number of hydrogen-bond donors (Lipinski definition) is 1. The van der Waals surface area contributed by atoms with Crippen molar-refractivity contribution in [2.45, 2.75) is 0 Å². The summed E-state index contributed by atoms with van der Waals surface area (Å²) in [6, 6.07) is 5.08. The highest BCUT2D eigenvalue weighted by Crippen LogP contribution is 2.29. The zero-order chi connectivity index (χ0) is 10.6. The van der Waals surface area contributed by atoms with Crippen LogP contribution in [0.3, 0.4) is 0 Å². The van der Waals surface area contributed by atoms with E-state index in [0.29, 0.717) is 22.0 Å². The number of carbonyl (C=O) groups is 1. The highest BCUT2D eigenvalue weighted by atomic mass is 35.5.